The highest BCUT2D eigenvalue weighted by Crippen LogP contribution is 2.36. The third kappa shape index (κ3) is 2.69. The van der Waals surface area contributed by atoms with Gasteiger partial charge in [0.05, 0.1) is 0 Å². The first-order valence-corrected chi connectivity index (χ1v) is 6.69. The fourth-order valence-corrected chi connectivity index (χ4v) is 2.89. The monoisotopic (exact) mass is 281 g/mol. The number of benzene rings is 1. The molecule has 0 saturated carbocycles. The predicted octanol–water partition coefficient (Wildman–Crippen LogP) is 3.33. The van der Waals surface area contributed by atoms with Crippen molar-refractivity contribution in [2.75, 3.05) is 7.11 Å². The van der Waals surface area contributed by atoms with E-state index in [1.165, 1.54) is 18.4 Å². The Kier molecular flexibility index (Phi) is 4.49. The fraction of sp³-hybridized carbons (Fsp3) is 0.133. The summed E-state index contributed by atoms with van der Waals surface area (Å²) < 4.78 is 0. The molecule has 0 aliphatic rings. The summed E-state index contributed by atoms with van der Waals surface area (Å²) in [5.41, 5.74) is 2.57. The van der Waals surface area contributed by atoms with Crippen LogP contribution in [0.4, 0.5) is 0 Å². The van der Waals surface area contributed by atoms with Gasteiger partial charge in [-0.25, -0.2) is 0 Å². The average Bonchev–Trinajstić information content (AvgIpc) is 2.86. The summed E-state index contributed by atoms with van der Waals surface area (Å²) in [6.07, 6.45) is 2.05. The van der Waals surface area contributed by atoms with Crippen molar-refractivity contribution in [3.63, 3.8) is 0 Å². The first kappa shape index (κ1) is 13.8. The molecule has 2 rings (SSSR count). The molecule has 98 valence electrons. The summed E-state index contributed by atoms with van der Waals surface area (Å²) >= 11 is 1.21. The van der Waals surface area contributed by atoms with Gasteiger partial charge in [0.25, 0.3) is 0 Å². The lowest BCUT2D eigenvalue weighted by Gasteiger charge is -2.03. The topological polar surface area (TPSA) is 69.2 Å². The van der Waals surface area contributed by atoms with E-state index >= 15 is 0 Å². The van der Waals surface area contributed by atoms with E-state index in [1.54, 1.807) is 6.21 Å². The molecule has 0 spiro atoms. The molecule has 0 saturated heterocycles. The van der Waals surface area contributed by atoms with E-state index < -0.39 is 0 Å². The van der Waals surface area contributed by atoms with Crippen LogP contribution in [0.2, 0.25) is 0 Å². The Hall–Kier alpha value is -2.63. The van der Waals surface area contributed by atoms with Gasteiger partial charge >= 0.3 is 0 Å². The van der Waals surface area contributed by atoms with Gasteiger partial charge in [0.1, 0.15) is 29.0 Å². The van der Waals surface area contributed by atoms with Crippen LogP contribution in [0.5, 0.6) is 0 Å². The van der Waals surface area contributed by atoms with Crippen molar-refractivity contribution in [2.24, 2.45) is 5.16 Å². The van der Waals surface area contributed by atoms with Crippen LogP contribution in [0.3, 0.4) is 0 Å². The van der Waals surface area contributed by atoms with E-state index in [-0.39, 0.29) is 0 Å². The van der Waals surface area contributed by atoms with Crippen LogP contribution in [0.25, 0.3) is 11.1 Å². The van der Waals surface area contributed by atoms with Gasteiger partial charge in [-0.2, -0.15) is 10.5 Å². The Balaban J connectivity index is 2.59. The fourth-order valence-electron chi connectivity index (χ4n) is 1.94. The molecule has 0 fully saturated rings. The minimum absolute atomic E-state index is 0.457. The van der Waals surface area contributed by atoms with Crippen LogP contribution < -0.4 is 0 Å². The standard InChI is InChI=1S/C15H11N3OS/c1-19-18-8-7-12-13(9-16)20-14(10-17)15(12)11-5-3-2-4-6-11/h2-6,8H,7H2,1H3/b18-8-. The number of oxime groups is 1. The molecule has 20 heavy (non-hydrogen) atoms. The van der Waals surface area contributed by atoms with Gasteiger partial charge in [0.2, 0.25) is 0 Å². The van der Waals surface area contributed by atoms with Crippen molar-refractivity contribution in [1.29, 1.82) is 10.5 Å². The van der Waals surface area contributed by atoms with Crippen LogP contribution in [0.1, 0.15) is 15.3 Å². The first-order chi connectivity index (χ1) is 9.81. The summed E-state index contributed by atoms with van der Waals surface area (Å²) in [6.45, 7) is 0. The average molecular weight is 281 g/mol. The van der Waals surface area contributed by atoms with Gasteiger partial charge in [0, 0.05) is 18.2 Å². The van der Waals surface area contributed by atoms with E-state index in [0.717, 1.165) is 16.7 Å². The van der Waals surface area contributed by atoms with Crippen molar-refractivity contribution in [1.82, 2.24) is 0 Å². The summed E-state index contributed by atoms with van der Waals surface area (Å²) in [6, 6.07) is 13.9. The maximum Gasteiger partial charge on any atom is 0.114 e. The molecule has 0 N–H and O–H groups in total. The van der Waals surface area contributed by atoms with Crippen LogP contribution >= 0.6 is 11.3 Å². The molecular formula is C15H11N3OS. The Bertz CT molecular complexity index is 705. The molecule has 1 aromatic heterocycles. The van der Waals surface area contributed by atoms with Crippen LogP contribution in [-0.2, 0) is 11.3 Å². The second-order valence-electron chi connectivity index (χ2n) is 3.88. The zero-order chi connectivity index (χ0) is 14.4. The van der Waals surface area contributed by atoms with Gasteiger partial charge < -0.3 is 4.84 Å². The quantitative estimate of drug-likeness (QED) is 0.637. The summed E-state index contributed by atoms with van der Waals surface area (Å²) in [7, 11) is 1.47. The van der Waals surface area contributed by atoms with E-state index in [4.69, 9.17) is 0 Å². The zero-order valence-corrected chi connectivity index (χ0v) is 11.6. The van der Waals surface area contributed by atoms with Crippen molar-refractivity contribution in [3.8, 4) is 23.3 Å². The molecule has 0 radical (unpaired) electrons. The smallest absolute Gasteiger partial charge is 0.114 e. The lowest BCUT2D eigenvalue weighted by molar-refractivity contribution is 0.215. The minimum atomic E-state index is 0.457. The highest BCUT2D eigenvalue weighted by molar-refractivity contribution is 7.13. The number of hydrogen-bond acceptors (Lipinski definition) is 5. The maximum absolute atomic E-state index is 9.28. The number of nitrogens with zero attached hydrogens (tertiary/aromatic N) is 3. The molecule has 1 aromatic carbocycles. The van der Waals surface area contributed by atoms with E-state index in [9.17, 15) is 10.5 Å². The van der Waals surface area contributed by atoms with Crippen molar-refractivity contribution >= 4 is 17.6 Å². The Morgan fingerprint density at radius 1 is 1.20 bits per heavy atom. The maximum atomic E-state index is 9.28. The Morgan fingerprint density at radius 3 is 2.50 bits per heavy atom. The summed E-state index contributed by atoms with van der Waals surface area (Å²) in [4.78, 5) is 5.73. The normalized spacial score (nSPS) is 10.2. The minimum Gasteiger partial charge on any atom is -0.399 e. The molecule has 0 atom stereocenters. The van der Waals surface area contributed by atoms with Gasteiger partial charge in [-0.1, -0.05) is 35.5 Å². The highest BCUT2D eigenvalue weighted by Gasteiger charge is 2.18. The second kappa shape index (κ2) is 6.51. The van der Waals surface area contributed by atoms with E-state index in [2.05, 4.69) is 22.1 Å². The molecule has 4 nitrogen and oxygen atoms in total. The molecular weight excluding hydrogens is 270 g/mol. The van der Waals surface area contributed by atoms with Crippen molar-refractivity contribution in [3.05, 3.63) is 45.6 Å². The number of rotatable bonds is 4. The van der Waals surface area contributed by atoms with E-state index in [0.29, 0.717) is 16.2 Å². The lowest BCUT2D eigenvalue weighted by Crippen LogP contribution is -1.92. The molecule has 0 aliphatic carbocycles. The summed E-state index contributed by atoms with van der Waals surface area (Å²) in [5.74, 6) is 0. The van der Waals surface area contributed by atoms with Gasteiger partial charge in [-0.3, -0.25) is 0 Å². The first-order valence-electron chi connectivity index (χ1n) is 5.88. The largest absolute Gasteiger partial charge is 0.399 e. The third-order valence-electron chi connectivity index (χ3n) is 2.75. The summed E-state index contributed by atoms with van der Waals surface area (Å²) in [5, 5.41) is 22.2. The zero-order valence-electron chi connectivity index (χ0n) is 10.8. The molecule has 0 aliphatic heterocycles. The molecule has 0 unspecified atom stereocenters. The van der Waals surface area contributed by atoms with E-state index in [1.807, 2.05) is 30.3 Å². The molecule has 5 heteroatoms. The predicted molar refractivity (Wildman–Crippen MR) is 78.4 cm³/mol. The number of thiophene rings is 1. The van der Waals surface area contributed by atoms with Crippen molar-refractivity contribution in [2.45, 2.75) is 6.42 Å². The SMILES string of the molecule is CO/N=C\Cc1c(C#N)sc(C#N)c1-c1ccccc1. The molecule has 2 aromatic rings. The van der Waals surface area contributed by atoms with Crippen LogP contribution in [-0.4, -0.2) is 13.3 Å². The number of nitriles is 2. The lowest BCUT2D eigenvalue weighted by atomic mass is 9.99. The Labute approximate surface area is 121 Å². The number of hydrogen-bond donors (Lipinski definition) is 0. The Morgan fingerprint density at radius 2 is 1.90 bits per heavy atom. The van der Waals surface area contributed by atoms with Gasteiger partial charge in [-0.15, -0.1) is 11.3 Å². The van der Waals surface area contributed by atoms with Crippen molar-refractivity contribution < 1.29 is 4.84 Å². The molecule has 0 amide bonds. The van der Waals surface area contributed by atoms with Gasteiger partial charge in [-0.05, 0) is 11.1 Å². The van der Waals surface area contributed by atoms with Crippen LogP contribution in [0, 0.1) is 22.7 Å². The highest BCUT2D eigenvalue weighted by atomic mass is 32.1. The van der Waals surface area contributed by atoms with Gasteiger partial charge in [0.15, 0.2) is 0 Å². The molecule has 0 bridgehead atoms. The molecule has 1 heterocycles. The third-order valence-corrected chi connectivity index (χ3v) is 3.79. The second-order valence-corrected chi connectivity index (χ2v) is 4.90. The van der Waals surface area contributed by atoms with Crippen LogP contribution in [0.15, 0.2) is 35.5 Å².